The SMILES string of the molecule is CCC(C)(CC)c1cnc(COC)nc1. The lowest BCUT2D eigenvalue weighted by atomic mass is 9.79. The Labute approximate surface area is 91.9 Å². The van der Waals surface area contributed by atoms with E-state index in [2.05, 4.69) is 30.7 Å². The van der Waals surface area contributed by atoms with E-state index in [1.54, 1.807) is 7.11 Å². The molecule has 0 N–H and O–H groups in total. The molecule has 1 aromatic rings. The van der Waals surface area contributed by atoms with Crippen molar-refractivity contribution in [1.82, 2.24) is 9.97 Å². The number of rotatable bonds is 5. The molecule has 0 aliphatic carbocycles. The zero-order valence-corrected chi connectivity index (χ0v) is 10.1. The van der Waals surface area contributed by atoms with Gasteiger partial charge in [-0.05, 0) is 23.8 Å². The Hall–Kier alpha value is -0.960. The van der Waals surface area contributed by atoms with Crippen LogP contribution in [-0.4, -0.2) is 17.1 Å². The molecule has 0 unspecified atom stereocenters. The summed E-state index contributed by atoms with van der Waals surface area (Å²) in [6.45, 7) is 7.13. The molecule has 0 radical (unpaired) electrons. The van der Waals surface area contributed by atoms with E-state index in [0.29, 0.717) is 6.61 Å². The molecule has 0 bridgehead atoms. The maximum absolute atomic E-state index is 4.98. The minimum absolute atomic E-state index is 0.200. The van der Waals surface area contributed by atoms with Crippen LogP contribution in [0.25, 0.3) is 0 Å². The summed E-state index contributed by atoms with van der Waals surface area (Å²) in [6, 6.07) is 0. The van der Waals surface area contributed by atoms with E-state index in [0.717, 1.165) is 18.7 Å². The molecule has 0 saturated carbocycles. The monoisotopic (exact) mass is 208 g/mol. The second-order valence-corrected chi connectivity index (χ2v) is 4.09. The van der Waals surface area contributed by atoms with E-state index in [1.165, 1.54) is 5.56 Å². The third kappa shape index (κ3) is 2.75. The van der Waals surface area contributed by atoms with E-state index < -0.39 is 0 Å². The summed E-state index contributed by atoms with van der Waals surface area (Å²) in [6.07, 6.45) is 6.07. The summed E-state index contributed by atoms with van der Waals surface area (Å²) in [4.78, 5) is 8.59. The van der Waals surface area contributed by atoms with Crippen LogP contribution in [0.4, 0.5) is 0 Å². The van der Waals surface area contributed by atoms with Crippen molar-refractivity contribution >= 4 is 0 Å². The number of hydrogen-bond donors (Lipinski definition) is 0. The van der Waals surface area contributed by atoms with Crippen molar-refractivity contribution in [2.45, 2.75) is 45.6 Å². The van der Waals surface area contributed by atoms with Crippen molar-refractivity contribution in [2.75, 3.05) is 7.11 Å². The van der Waals surface area contributed by atoms with Gasteiger partial charge in [-0.15, -0.1) is 0 Å². The molecule has 1 heterocycles. The van der Waals surface area contributed by atoms with Crippen molar-refractivity contribution < 1.29 is 4.74 Å². The van der Waals surface area contributed by atoms with Crippen LogP contribution < -0.4 is 0 Å². The maximum Gasteiger partial charge on any atom is 0.153 e. The molecular formula is C12H20N2O. The molecule has 0 aliphatic heterocycles. The molecule has 1 rings (SSSR count). The van der Waals surface area contributed by atoms with Gasteiger partial charge in [0.25, 0.3) is 0 Å². The van der Waals surface area contributed by atoms with Crippen molar-refractivity contribution in [3.63, 3.8) is 0 Å². The molecule has 0 fully saturated rings. The van der Waals surface area contributed by atoms with Gasteiger partial charge in [-0.1, -0.05) is 20.8 Å². The molecule has 0 aromatic carbocycles. The Morgan fingerprint density at radius 1 is 1.20 bits per heavy atom. The number of nitrogens with zero attached hydrogens (tertiary/aromatic N) is 2. The summed E-state index contributed by atoms with van der Waals surface area (Å²) < 4.78 is 4.98. The predicted molar refractivity (Wildman–Crippen MR) is 60.7 cm³/mol. The normalized spacial score (nSPS) is 11.7. The van der Waals surface area contributed by atoms with Gasteiger partial charge < -0.3 is 4.74 Å². The van der Waals surface area contributed by atoms with Crippen LogP contribution >= 0.6 is 0 Å². The van der Waals surface area contributed by atoms with Crippen LogP contribution in [0.3, 0.4) is 0 Å². The average molecular weight is 208 g/mol. The molecule has 1 aromatic heterocycles. The summed E-state index contributed by atoms with van der Waals surface area (Å²) in [5, 5.41) is 0. The molecule has 84 valence electrons. The number of methoxy groups -OCH3 is 1. The summed E-state index contributed by atoms with van der Waals surface area (Å²) in [5.41, 5.74) is 1.42. The number of hydrogen-bond acceptors (Lipinski definition) is 3. The minimum atomic E-state index is 0.200. The van der Waals surface area contributed by atoms with Crippen LogP contribution in [0.1, 0.15) is 45.0 Å². The second-order valence-electron chi connectivity index (χ2n) is 4.09. The Morgan fingerprint density at radius 2 is 1.73 bits per heavy atom. The molecule has 0 saturated heterocycles. The Bertz CT molecular complexity index is 291. The quantitative estimate of drug-likeness (QED) is 0.746. The molecule has 3 nitrogen and oxygen atoms in total. The fourth-order valence-electron chi connectivity index (χ4n) is 1.53. The van der Waals surface area contributed by atoms with Crippen molar-refractivity contribution in [1.29, 1.82) is 0 Å². The molecule has 0 atom stereocenters. The van der Waals surface area contributed by atoms with Gasteiger partial charge in [-0.3, -0.25) is 0 Å². The van der Waals surface area contributed by atoms with Gasteiger partial charge in [0.1, 0.15) is 6.61 Å². The van der Waals surface area contributed by atoms with E-state index in [9.17, 15) is 0 Å². The summed E-state index contributed by atoms with van der Waals surface area (Å²) in [7, 11) is 1.65. The van der Waals surface area contributed by atoms with Crippen LogP contribution in [0, 0.1) is 0 Å². The van der Waals surface area contributed by atoms with Gasteiger partial charge >= 0.3 is 0 Å². The molecular weight excluding hydrogens is 188 g/mol. The highest BCUT2D eigenvalue weighted by Crippen LogP contribution is 2.29. The second kappa shape index (κ2) is 5.21. The van der Waals surface area contributed by atoms with Crippen LogP contribution in [0.5, 0.6) is 0 Å². The molecule has 0 aliphatic rings. The topological polar surface area (TPSA) is 35.0 Å². The van der Waals surface area contributed by atoms with Gasteiger partial charge in [0.2, 0.25) is 0 Å². The van der Waals surface area contributed by atoms with E-state index in [4.69, 9.17) is 4.74 Å². The van der Waals surface area contributed by atoms with E-state index in [-0.39, 0.29) is 5.41 Å². The number of aromatic nitrogens is 2. The highest BCUT2D eigenvalue weighted by Gasteiger charge is 2.22. The largest absolute Gasteiger partial charge is 0.377 e. The first-order valence-electron chi connectivity index (χ1n) is 5.46. The maximum atomic E-state index is 4.98. The molecule has 15 heavy (non-hydrogen) atoms. The van der Waals surface area contributed by atoms with E-state index in [1.807, 2.05) is 12.4 Å². The third-order valence-electron chi connectivity index (χ3n) is 3.24. The summed E-state index contributed by atoms with van der Waals surface area (Å²) in [5.74, 6) is 0.746. The highest BCUT2D eigenvalue weighted by atomic mass is 16.5. The Kier molecular flexibility index (Phi) is 4.21. The Morgan fingerprint density at radius 3 is 2.13 bits per heavy atom. The lowest BCUT2D eigenvalue weighted by molar-refractivity contribution is 0.177. The molecule has 3 heteroatoms. The zero-order valence-electron chi connectivity index (χ0n) is 10.1. The van der Waals surface area contributed by atoms with Gasteiger partial charge in [0, 0.05) is 19.5 Å². The van der Waals surface area contributed by atoms with Crippen molar-refractivity contribution in [3.8, 4) is 0 Å². The lowest BCUT2D eigenvalue weighted by Gasteiger charge is -2.26. The smallest absolute Gasteiger partial charge is 0.153 e. The van der Waals surface area contributed by atoms with Gasteiger partial charge in [0.05, 0.1) is 0 Å². The average Bonchev–Trinajstić information content (AvgIpc) is 2.29. The molecule has 0 spiro atoms. The first-order chi connectivity index (χ1) is 7.16. The fraction of sp³-hybridized carbons (Fsp3) is 0.667. The first-order valence-corrected chi connectivity index (χ1v) is 5.46. The van der Waals surface area contributed by atoms with E-state index >= 15 is 0 Å². The lowest BCUT2D eigenvalue weighted by Crippen LogP contribution is -2.20. The Balaban J connectivity index is 2.87. The number of ether oxygens (including phenoxy) is 1. The highest BCUT2D eigenvalue weighted by molar-refractivity contribution is 5.17. The first kappa shape index (κ1) is 12.1. The van der Waals surface area contributed by atoms with Gasteiger partial charge in [0.15, 0.2) is 5.82 Å². The van der Waals surface area contributed by atoms with Crippen molar-refractivity contribution in [3.05, 3.63) is 23.8 Å². The molecule has 0 amide bonds. The predicted octanol–water partition coefficient (Wildman–Crippen LogP) is 2.70. The van der Waals surface area contributed by atoms with Crippen LogP contribution in [-0.2, 0) is 16.8 Å². The van der Waals surface area contributed by atoms with Gasteiger partial charge in [-0.2, -0.15) is 0 Å². The minimum Gasteiger partial charge on any atom is -0.377 e. The zero-order chi connectivity index (χ0) is 11.3. The fourth-order valence-corrected chi connectivity index (χ4v) is 1.53. The van der Waals surface area contributed by atoms with Crippen molar-refractivity contribution in [2.24, 2.45) is 0 Å². The third-order valence-corrected chi connectivity index (χ3v) is 3.24. The van der Waals surface area contributed by atoms with Crippen LogP contribution in [0.15, 0.2) is 12.4 Å². The van der Waals surface area contributed by atoms with Gasteiger partial charge in [-0.25, -0.2) is 9.97 Å². The van der Waals surface area contributed by atoms with Crippen LogP contribution in [0.2, 0.25) is 0 Å². The summed E-state index contributed by atoms with van der Waals surface area (Å²) >= 11 is 0. The standard InChI is InChI=1S/C12H20N2O/c1-5-12(3,6-2)10-7-13-11(9-15-4)14-8-10/h7-8H,5-6,9H2,1-4H3.